The van der Waals surface area contributed by atoms with Gasteiger partial charge >= 0.3 is 6.18 Å². The van der Waals surface area contributed by atoms with Gasteiger partial charge in [0.15, 0.2) is 0 Å². The lowest BCUT2D eigenvalue weighted by Crippen LogP contribution is -2.17. The minimum atomic E-state index is -4.37. The number of allylic oxidation sites excluding steroid dienone is 1. The zero-order valence-electron chi connectivity index (χ0n) is 15.9. The molecule has 152 valence electrons. The number of benzene rings is 1. The van der Waals surface area contributed by atoms with Crippen LogP contribution in [-0.2, 0) is 12.6 Å². The first-order chi connectivity index (χ1) is 13.9. The zero-order valence-corrected chi connectivity index (χ0v) is 15.9. The maximum Gasteiger partial charge on any atom is 0.417 e. The average Bonchev–Trinajstić information content (AvgIpc) is 3.02. The van der Waals surface area contributed by atoms with Gasteiger partial charge in [0.05, 0.1) is 11.3 Å². The smallest absolute Gasteiger partial charge is 0.370 e. The molecule has 7 heteroatoms. The summed E-state index contributed by atoms with van der Waals surface area (Å²) in [6.07, 6.45) is 2.83. The van der Waals surface area contributed by atoms with Crippen LogP contribution >= 0.6 is 0 Å². The van der Waals surface area contributed by atoms with Crippen molar-refractivity contribution in [2.24, 2.45) is 5.92 Å². The van der Waals surface area contributed by atoms with Crippen LogP contribution in [0.2, 0.25) is 0 Å². The third kappa shape index (κ3) is 4.39. The average molecular weight is 400 g/mol. The topological polar surface area (TPSA) is 52.7 Å². The summed E-state index contributed by atoms with van der Waals surface area (Å²) in [7, 11) is 0. The molecular formula is C22H23F3N4. The highest BCUT2D eigenvalue weighted by Gasteiger charge is 2.30. The van der Waals surface area contributed by atoms with Gasteiger partial charge in [0.2, 0.25) is 0 Å². The Morgan fingerprint density at radius 3 is 2.69 bits per heavy atom. The van der Waals surface area contributed by atoms with Gasteiger partial charge in [-0.05, 0) is 55.0 Å². The Hall–Kier alpha value is -2.96. The molecule has 1 aliphatic carbocycles. The SMILES string of the molecule is C=C(Nc1c[nH]c2ccc(CCNc3ccc(C(F)(F)F)cn3)cc12)C1CCC1. The third-order valence-corrected chi connectivity index (χ3v) is 5.45. The summed E-state index contributed by atoms with van der Waals surface area (Å²) in [5.74, 6) is 0.989. The van der Waals surface area contributed by atoms with E-state index < -0.39 is 11.7 Å². The standard InChI is InChI=1S/C22H23F3N4/c1-14(16-3-2-4-16)29-20-13-27-19-7-5-15(11-18(19)20)9-10-26-21-8-6-17(12-28-21)22(23,24)25/h5-8,11-13,16,27,29H,1-4,9-10H2,(H,26,28). The van der Waals surface area contributed by atoms with Gasteiger partial charge < -0.3 is 15.6 Å². The highest BCUT2D eigenvalue weighted by atomic mass is 19.4. The lowest BCUT2D eigenvalue weighted by molar-refractivity contribution is -0.137. The minimum absolute atomic E-state index is 0.430. The second-order valence-electron chi connectivity index (χ2n) is 7.47. The van der Waals surface area contributed by atoms with E-state index in [0.29, 0.717) is 18.3 Å². The molecule has 0 atom stereocenters. The van der Waals surface area contributed by atoms with Crippen molar-refractivity contribution in [1.82, 2.24) is 9.97 Å². The van der Waals surface area contributed by atoms with Crippen molar-refractivity contribution in [3.63, 3.8) is 0 Å². The normalized spacial score (nSPS) is 14.6. The molecule has 29 heavy (non-hydrogen) atoms. The van der Waals surface area contributed by atoms with Gasteiger partial charge in [0.25, 0.3) is 0 Å². The Balaban J connectivity index is 1.38. The third-order valence-electron chi connectivity index (χ3n) is 5.45. The lowest BCUT2D eigenvalue weighted by Gasteiger charge is -2.28. The quantitative estimate of drug-likeness (QED) is 0.458. The van der Waals surface area contributed by atoms with Gasteiger partial charge in [0, 0.05) is 35.5 Å². The predicted molar refractivity (Wildman–Crippen MR) is 110 cm³/mol. The van der Waals surface area contributed by atoms with Crippen LogP contribution in [0.3, 0.4) is 0 Å². The zero-order chi connectivity index (χ0) is 20.4. The van der Waals surface area contributed by atoms with E-state index in [2.05, 4.69) is 33.2 Å². The highest BCUT2D eigenvalue weighted by Crippen LogP contribution is 2.34. The number of aromatic amines is 1. The number of alkyl halides is 3. The molecule has 4 nitrogen and oxygen atoms in total. The van der Waals surface area contributed by atoms with Crippen molar-refractivity contribution in [3.8, 4) is 0 Å². The van der Waals surface area contributed by atoms with Gasteiger partial charge in [0.1, 0.15) is 5.82 Å². The number of pyridine rings is 1. The maximum atomic E-state index is 12.6. The van der Waals surface area contributed by atoms with E-state index >= 15 is 0 Å². The molecule has 3 aromatic rings. The van der Waals surface area contributed by atoms with Crippen LogP contribution in [0, 0.1) is 5.92 Å². The predicted octanol–water partition coefficient (Wildman–Crippen LogP) is 5.96. The van der Waals surface area contributed by atoms with E-state index in [-0.39, 0.29) is 0 Å². The van der Waals surface area contributed by atoms with Crippen LogP contribution in [0.4, 0.5) is 24.7 Å². The second-order valence-corrected chi connectivity index (χ2v) is 7.47. The van der Waals surface area contributed by atoms with E-state index in [1.54, 1.807) is 0 Å². The summed E-state index contributed by atoms with van der Waals surface area (Å²) in [5.41, 5.74) is 3.53. The molecule has 0 bridgehead atoms. The van der Waals surface area contributed by atoms with Crippen molar-refractivity contribution < 1.29 is 13.2 Å². The molecule has 4 rings (SSSR count). The Kier molecular flexibility index (Phi) is 5.22. The molecule has 1 aliphatic rings. The number of nitrogens with one attached hydrogen (secondary N) is 3. The first kappa shape index (κ1) is 19.4. The van der Waals surface area contributed by atoms with E-state index in [0.717, 1.165) is 46.5 Å². The van der Waals surface area contributed by atoms with Gasteiger partial charge in [-0.3, -0.25) is 0 Å². The number of nitrogens with zero attached hydrogens (tertiary/aromatic N) is 1. The van der Waals surface area contributed by atoms with Gasteiger partial charge in [-0.1, -0.05) is 19.1 Å². The molecule has 1 saturated carbocycles. The molecular weight excluding hydrogens is 377 g/mol. The van der Waals surface area contributed by atoms with Crippen molar-refractivity contribution in [2.75, 3.05) is 17.2 Å². The Morgan fingerprint density at radius 1 is 1.21 bits per heavy atom. The van der Waals surface area contributed by atoms with Crippen LogP contribution in [0.15, 0.2) is 55.0 Å². The Labute approximate surface area is 167 Å². The van der Waals surface area contributed by atoms with Gasteiger partial charge in [-0.2, -0.15) is 13.2 Å². The molecule has 0 radical (unpaired) electrons. The molecule has 0 aliphatic heterocycles. The molecule has 2 heterocycles. The molecule has 0 saturated heterocycles. The summed E-state index contributed by atoms with van der Waals surface area (Å²) < 4.78 is 37.8. The maximum absolute atomic E-state index is 12.6. The molecule has 2 aromatic heterocycles. The number of hydrogen-bond acceptors (Lipinski definition) is 3. The van der Waals surface area contributed by atoms with Crippen molar-refractivity contribution in [1.29, 1.82) is 0 Å². The Morgan fingerprint density at radius 2 is 2.03 bits per heavy atom. The molecule has 1 fully saturated rings. The highest BCUT2D eigenvalue weighted by molar-refractivity contribution is 5.93. The summed E-state index contributed by atoms with van der Waals surface area (Å²) in [6.45, 7) is 4.75. The number of halogens is 3. The van der Waals surface area contributed by atoms with Gasteiger partial charge in [-0.15, -0.1) is 0 Å². The van der Waals surface area contributed by atoms with Gasteiger partial charge in [-0.25, -0.2) is 4.98 Å². The molecule has 0 spiro atoms. The first-order valence-electron chi connectivity index (χ1n) is 9.73. The van der Waals surface area contributed by atoms with E-state index in [4.69, 9.17) is 0 Å². The van der Waals surface area contributed by atoms with E-state index in [9.17, 15) is 13.2 Å². The molecule has 0 unspecified atom stereocenters. The van der Waals surface area contributed by atoms with Crippen LogP contribution in [0.25, 0.3) is 10.9 Å². The van der Waals surface area contributed by atoms with Crippen LogP contribution in [-0.4, -0.2) is 16.5 Å². The van der Waals surface area contributed by atoms with Crippen molar-refractivity contribution in [2.45, 2.75) is 31.9 Å². The van der Waals surface area contributed by atoms with Crippen LogP contribution in [0.1, 0.15) is 30.4 Å². The number of aromatic nitrogens is 2. The molecule has 3 N–H and O–H groups in total. The Bertz CT molecular complexity index is 1000. The van der Waals surface area contributed by atoms with Crippen LogP contribution < -0.4 is 10.6 Å². The van der Waals surface area contributed by atoms with Crippen LogP contribution in [0.5, 0.6) is 0 Å². The fourth-order valence-corrected chi connectivity index (χ4v) is 3.46. The first-order valence-corrected chi connectivity index (χ1v) is 9.73. The lowest BCUT2D eigenvalue weighted by atomic mass is 9.83. The van der Waals surface area contributed by atoms with Crippen molar-refractivity contribution in [3.05, 3.63) is 66.1 Å². The monoisotopic (exact) mass is 400 g/mol. The number of anilines is 2. The largest absolute Gasteiger partial charge is 0.417 e. The molecule has 0 amide bonds. The number of fused-ring (bicyclic) bond motifs is 1. The summed E-state index contributed by atoms with van der Waals surface area (Å²) in [5, 5.41) is 7.63. The molecule has 1 aromatic carbocycles. The minimum Gasteiger partial charge on any atom is -0.370 e. The number of H-pyrrole nitrogens is 1. The number of rotatable bonds is 7. The summed E-state index contributed by atoms with van der Waals surface area (Å²) in [6, 6.07) is 8.61. The second kappa shape index (κ2) is 7.81. The van der Waals surface area contributed by atoms with E-state index in [1.165, 1.54) is 25.3 Å². The summed E-state index contributed by atoms with van der Waals surface area (Å²) >= 11 is 0. The van der Waals surface area contributed by atoms with Crippen molar-refractivity contribution >= 4 is 22.4 Å². The number of hydrogen-bond donors (Lipinski definition) is 3. The summed E-state index contributed by atoms with van der Waals surface area (Å²) in [4.78, 5) is 7.11. The fourth-order valence-electron chi connectivity index (χ4n) is 3.46. The van der Waals surface area contributed by atoms with E-state index in [1.807, 2.05) is 18.3 Å². The fraction of sp³-hybridized carbons (Fsp3) is 0.318.